The molecule has 0 aromatic heterocycles. The SMILES string of the molecule is CCCCCCCCCCC(C)SC(=O)C(C)(C)C. The summed E-state index contributed by atoms with van der Waals surface area (Å²) in [5, 5.41) is 0.811. The van der Waals surface area contributed by atoms with Crippen LogP contribution in [0.3, 0.4) is 0 Å². The summed E-state index contributed by atoms with van der Waals surface area (Å²) in [5.74, 6) is 0. The van der Waals surface area contributed by atoms with Crippen LogP contribution in [0.1, 0.15) is 92.4 Å². The van der Waals surface area contributed by atoms with E-state index in [1.54, 1.807) is 11.8 Å². The Morgan fingerprint density at radius 1 is 0.947 bits per heavy atom. The first-order chi connectivity index (χ1) is 8.88. The molecule has 1 atom stereocenters. The van der Waals surface area contributed by atoms with E-state index in [2.05, 4.69) is 13.8 Å². The van der Waals surface area contributed by atoms with Crippen LogP contribution in [-0.4, -0.2) is 10.4 Å². The molecule has 114 valence electrons. The number of carbonyl (C=O) groups excluding carboxylic acids is 1. The number of hydrogen-bond donors (Lipinski definition) is 0. The molecule has 1 unspecified atom stereocenters. The standard InChI is InChI=1S/C17H34OS/c1-6-7-8-9-10-11-12-13-14-15(2)19-16(18)17(3,4)5/h15H,6-14H2,1-5H3. The minimum absolute atomic E-state index is 0.196. The third kappa shape index (κ3) is 11.5. The van der Waals surface area contributed by atoms with Crippen molar-refractivity contribution in [1.29, 1.82) is 0 Å². The van der Waals surface area contributed by atoms with Gasteiger partial charge in [0.15, 0.2) is 5.12 Å². The predicted octanol–water partition coefficient (Wildman–Crippen LogP) is 6.21. The summed E-state index contributed by atoms with van der Waals surface area (Å²) in [4.78, 5) is 11.9. The van der Waals surface area contributed by atoms with Gasteiger partial charge in [-0.05, 0) is 6.42 Å². The molecular formula is C17H34OS. The van der Waals surface area contributed by atoms with Gasteiger partial charge in [-0.15, -0.1) is 0 Å². The lowest BCUT2D eigenvalue weighted by Crippen LogP contribution is -2.18. The van der Waals surface area contributed by atoms with E-state index in [1.165, 1.54) is 57.8 Å². The molecule has 0 saturated heterocycles. The summed E-state index contributed by atoms with van der Waals surface area (Å²) in [6, 6.07) is 0. The van der Waals surface area contributed by atoms with Gasteiger partial charge in [-0.25, -0.2) is 0 Å². The van der Waals surface area contributed by atoms with Crippen LogP contribution in [0.4, 0.5) is 0 Å². The van der Waals surface area contributed by atoms with Gasteiger partial charge < -0.3 is 0 Å². The molecule has 0 fully saturated rings. The fraction of sp³-hybridized carbons (Fsp3) is 0.941. The van der Waals surface area contributed by atoms with Crippen LogP contribution in [0.5, 0.6) is 0 Å². The van der Waals surface area contributed by atoms with Gasteiger partial charge in [-0.1, -0.05) is 97.7 Å². The molecule has 0 aliphatic heterocycles. The minimum Gasteiger partial charge on any atom is -0.287 e. The van der Waals surface area contributed by atoms with Crippen LogP contribution in [0.25, 0.3) is 0 Å². The van der Waals surface area contributed by atoms with Crippen molar-refractivity contribution in [1.82, 2.24) is 0 Å². The van der Waals surface area contributed by atoms with Crippen molar-refractivity contribution < 1.29 is 4.79 Å². The van der Waals surface area contributed by atoms with Crippen LogP contribution in [0.2, 0.25) is 0 Å². The number of rotatable bonds is 10. The molecule has 0 radical (unpaired) electrons. The van der Waals surface area contributed by atoms with E-state index >= 15 is 0 Å². The highest BCUT2D eigenvalue weighted by Gasteiger charge is 2.23. The zero-order valence-electron chi connectivity index (χ0n) is 13.8. The van der Waals surface area contributed by atoms with Gasteiger partial charge in [0, 0.05) is 10.7 Å². The van der Waals surface area contributed by atoms with Crippen molar-refractivity contribution >= 4 is 16.9 Å². The van der Waals surface area contributed by atoms with Crippen LogP contribution in [0.15, 0.2) is 0 Å². The lowest BCUT2D eigenvalue weighted by Gasteiger charge is -2.18. The van der Waals surface area contributed by atoms with Gasteiger partial charge in [-0.3, -0.25) is 4.79 Å². The second-order valence-electron chi connectivity index (χ2n) is 6.73. The Kier molecular flexibility index (Phi) is 10.8. The number of thioether (sulfide) groups is 1. The third-order valence-electron chi connectivity index (χ3n) is 3.38. The first-order valence-corrected chi connectivity index (χ1v) is 8.97. The Morgan fingerprint density at radius 2 is 1.42 bits per heavy atom. The fourth-order valence-electron chi connectivity index (χ4n) is 1.98. The fourth-order valence-corrected chi connectivity index (χ4v) is 2.99. The average Bonchev–Trinajstić information content (AvgIpc) is 2.31. The lowest BCUT2D eigenvalue weighted by molar-refractivity contribution is -0.117. The van der Waals surface area contributed by atoms with Crippen molar-refractivity contribution in [2.75, 3.05) is 0 Å². The van der Waals surface area contributed by atoms with Gasteiger partial charge in [0.25, 0.3) is 0 Å². The maximum Gasteiger partial charge on any atom is 0.194 e. The highest BCUT2D eigenvalue weighted by atomic mass is 32.2. The summed E-state index contributed by atoms with van der Waals surface area (Å²) < 4.78 is 0. The zero-order chi connectivity index (χ0) is 14.7. The quantitative estimate of drug-likeness (QED) is 0.444. The molecular weight excluding hydrogens is 252 g/mol. The van der Waals surface area contributed by atoms with Gasteiger partial charge in [0.05, 0.1) is 0 Å². The Hall–Kier alpha value is 0.0200. The maximum atomic E-state index is 11.9. The van der Waals surface area contributed by atoms with Crippen molar-refractivity contribution in [3.8, 4) is 0 Å². The molecule has 0 N–H and O–H groups in total. The molecule has 0 spiro atoms. The molecule has 0 amide bonds. The van der Waals surface area contributed by atoms with Crippen molar-refractivity contribution in [2.24, 2.45) is 5.41 Å². The Bertz CT molecular complexity index is 230. The topological polar surface area (TPSA) is 17.1 Å². The van der Waals surface area contributed by atoms with E-state index in [1.807, 2.05) is 20.8 Å². The second kappa shape index (κ2) is 10.8. The number of unbranched alkanes of at least 4 members (excludes halogenated alkanes) is 7. The molecule has 0 rings (SSSR count). The van der Waals surface area contributed by atoms with E-state index in [0.29, 0.717) is 10.4 Å². The molecule has 0 aromatic rings. The Balaban J connectivity index is 3.44. The molecule has 0 aromatic carbocycles. The first kappa shape index (κ1) is 19.0. The minimum atomic E-state index is -0.196. The highest BCUT2D eigenvalue weighted by Crippen LogP contribution is 2.28. The molecule has 19 heavy (non-hydrogen) atoms. The lowest BCUT2D eigenvalue weighted by atomic mass is 10.00. The van der Waals surface area contributed by atoms with Crippen LogP contribution < -0.4 is 0 Å². The van der Waals surface area contributed by atoms with Crippen molar-refractivity contribution in [2.45, 2.75) is 97.7 Å². The van der Waals surface area contributed by atoms with E-state index in [9.17, 15) is 4.79 Å². The third-order valence-corrected chi connectivity index (χ3v) is 4.85. The second-order valence-corrected chi connectivity index (χ2v) is 8.14. The van der Waals surface area contributed by atoms with Gasteiger partial charge >= 0.3 is 0 Å². The van der Waals surface area contributed by atoms with Crippen molar-refractivity contribution in [3.63, 3.8) is 0 Å². The number of carbonyl (C=O) groups is 1. The first-order valence-electron chi connectivity index (χ1n) is 8.09. The summed E-state index contributed by atoms with van der Waals surface area (Å²) in [5.41, 5.74) is -0.196. The summed E-state index contributed by atoms with van der Waals surface area (Å²) in [6.07, 6.45) is 12.1. The zero-order valence-corrected chi connectivity index (χ0v) is 14.6. The number of hydrogen-bond acceptors (Lipinski definition) is 2. The van der Waals surface area contributed by atoms with E-state index < -0.39 is 0 Å². The molecule has 0 heterocycles. The van der Waals surface area contributed by atoms with Crippen LogP contribution in [-0.2, 0) is 4.79 Å². The molecule has 0 saturated carbocycles. The normalized spacial score (nSPS) is 13.5. The Morgan fingerprint density at radius 3 is 1.89 bits per heavy atom. The van der Waals surface area contributed by atoms with E-state index in [4.69, 9.17) is 0 Å². The molecule has 2 heteroatoms. The predicted molar refractivity (Wildman–Crippen MR) is 88.7 cm³/mol. The van der Waals surface area contributed by atoms with E-state index in [-0.39, 0.29) is 5.41 Å². The monoisotopic (exact) mass is 286 g/mol. The van der Waals surface area contributed by atoms with Crippen LogP contribution >= 0.6 is 11.8 Å². The van der Waals surface area contributed by atoms with Gasteiger partial charge in [0.1, 0.15) is 0 Å². The molecule has 1 nitrogen and oxygen atoms in total. The van der Waals surface area contributed by atoms with Crippen molar-refractivity contribution in [3.05, 3.63) is 0 Å². The summed E-state index contributed by atoms with van der Waals surface area (Å²) in [6.45, 7) is 10.5. The largest absolute Gasteiger partial charge is 0.287 e. The summed E-state index contributed by atoms with van der Waals surface area (Å²) in [7, 11) is 0. The Labute approximate surface area is 125 Å². The van der Waals surface area contributed by atoms with Gasteiger partial charge in [0.2, 0.25) is 0 Å². The highest BCUT2D eigenvalue weighted by molar-refractivity contribution is 8.14. The average molecular weight is 287 g/mol. The smallest absolute Gasteiger partial charge is 0.194 e. The molecule has 0 aliphatic rings. The van der Waals surface area contributed by atoms with Gasteiger partial charge in [-0.2, -0.15) is 0 Å². The molecule has 0 aliphatic carbocycles. The van der Waals surface area contributed by atoms with Crippen LogP contribution in [0, 0.1) is 5.41 Å². The molecule has 0 bridgehead atoms. The van der Waals surface area contributed by atoms with E-state index in [0.717, 1.165) is 0 Å². The summed E-state index contributed by atoms with van der Waals surface area (Å²) >= 11 is 1.54. The maximum absolute atomic E-state index is 11.9.